The highest BCUT2D eigenvalue weighted by Gasteiger charge is 2.25. The van der Waals surface area contributed by atoms with Gasteiger partial charge in [-0.1, -0.05) is 140 Å². The predicted molar refractivity (Wildman–Crippen MR) is 203 cm³/mol. The highest BCUT2D eigenvalue weighted by Crippen LogP contribution is 2.13. The van der Waals surface area contributed by atoms with E-state index < -0.39 is 18.1 Å². The van der Waals surface area contributed by atoms with Crippen LogP contribution in [0.5, 0.6) is 0 Å². The third-order valence-electron chi connectivity index (χ3n) is 8.56. The Morgan fingerprint density at radius 3 is 1.60 bits per heavy atom. The first-order valence-corrected chi connectivity index (χ1v) is 19.7. The smallest absolute Gasteiger partial charge is 0.306 e. The Morgan fingerprint density at radius 2 is 1.06 bits per heavy atom. The zero-order chi connectivity index (χ0) is 37.1. The van der Waals surface area contributed by atoms with Crippen LogP contribution in [0.1, 0.15) is 149 Å². The van der Waals surface area contributed by atoms with Gasteiger partial charge in [-0.25, -0.2) is 0 Å². The second-order valence-electron chi connectivity index (χ2n) is 14.3. The lowest BCUT2D eigenvalue weighted by atomic mass is 10.1. The zero-order valence-corrected chi connectivity index (χ0v) is 32.5. The quantitative estimate of drug-likeness (QED) is 0.0286. The molecule has 2 atom stereocenters. The lowest BCUT2D eigenvalue weighted by molar-refractivity contribution is -0.889. The largest absolute Gasteiger partial charge is 0.544 e. The highest BCUT2D eigenvalue weighted by molar-refractivity contribution is 5.70. The first-order chi connectivity index (χ1) is 24.1. The second-order valence-corrected chi connectivity index (χ2v) is 14.3. The molecule has 0 aliphatic heterocycles. The molecule has 2 unspecified atom stereocenters. The summed E-state index contributed by atoms with van der Waals surface area (Å²) in [7, 11) is 5.38. The number of nitrogens with zero attached hydrogens (tertiary/aromatic N) is 1. The van der Waals surface area contributed by atoms with Gasteiger partial charge in [0.25, 0.3) is 0 Å². The van der Waals surface area contributed by atoms with E-state index in [1.807, 2.05) is 6.08 Å². The summed E-state index contributed by atoms with van der Waals surface area (Å²) in [5, 5.41) is 11.6. The number of esters is 2. The Hall–Kier alpha value is -2.71. The van der Waals surface area contributed by atoms with E-state index in [0.717, 1.165) is 64.2 Å². The number of allylic oxidation sites excluding steroid dienone is 8. The molecule has 0 heterocycles. The van der Waals surface area contributed by atoms with E-state index in [9.17, 15) is 19.5 Å². The molecular formula is C42H73NO7. The number of carboxylic acids is 1. The fourth-order valence-corrected chi connectivity index (χ4v) is 5.43. The number of carboxylic acid groups (broad SMARTS) is 1. The van der Waals surface area contributed by atoms with E-state index in [-0.39, 0.29) is 42.7 Å². The van der Waals surface area contributed by atoms with Crippen LogP contribution >= 0.6 is 0 Å². The molecular weight excluding hydrogens is 630 g/mol. The Morgan fingerprint density at radius 1 is 0.600 bits per heavy atom. The van der Waals surface area contributed by atoms with Crippen molar-refractivity contribution < 1.29 is 38.2 Å². The van der Waals surface area contributed by atoms with Gasteiger partial charge in [-0.2, -0.15) is 0 Å². The van der Waals surface area contributed by atoms with Crippen LogP contribution in [0.25, 0.3) is 0 Å². The van der Waals surface area contributed by atoms with E-state index >= 15 is 0 Å². The number of hydrogen-bond acceptors (Lipinski definition) is 7. The molecule has 0 aromatic rings. The third-order valence-corrected chi connectivity index (χ3v) is 8.56. The van der Waals surface area contributed by atoms with Crippen molar-refractivity contribution in [2.45, 2.75) is 161 Å². The molecule has 0 fully saturated rings. The van der Waals surface area contributed by atoms with Crippen molar-refractivity contribution in [2.75, 3.05) is 41.0 Å². The van der Waals surface area contributed by atoms with E-state index in [1.54, 1.807) is 21.1 Å². The number of rotatable bonds is 34. The van der Waals surface area contributed by atoms with Crippen LogP contribution in [0.4, 0.5) is 0 Å². The summed E-state index contributed by atoms with van der Waals surface area (Å²) in [5.74, 6) is -1.77. The number of aliphatic carboxylic acids is 1. The highest BCUT2D eigenvalue weighted by atomic mass is 16.6. The standard InChI is InChI=1S/C42H73NO7/c1-6-8-10-12-14-16-17-18-19-20-21-22-23-24-25-27-28-30-32-40(44)49-37-38(36-48-35-34-39(42(46)47)43(3,4)5)50-41(45)33-31-29-26-15-13-11-9-7-2/h14,16-22,38-39H,6-13,15,23-37H2,1-5H3/b16-14+,18-17+,20-19+,22-21+. The van der Waals surface area contributed by atoms with Crippen molar-refractivity contribution >= 4 is 17.9 Å². The third kappa shape index (κ3) is 31.3. The minimum Gasteiger partial charge on any atom is -0.544 e. The Labute approximate surface area is 306 Å². The average Bonchev–Trinajstić information content (AvgIpc) is 3.06. The molecule has 0 radical (unpaired) electrons. The van der Waals surface area contributed by atoms with Crippen molar-refractivity contribution in [3.8, 4) is 0 Å². The Bertz CT molecular complexity index is 964. The summed E-state index contributed by atoms with van der Waals surface area (Å²) in [6.07, 6.45) is 37.1. The van der Waals surface area contributed by atoms with Gasteiger partial charge in [-0.05, 0) is 38.5 Å². The van der Waals surface area contributed by atoms with Crippen LogP contribution in [0.2, 0.25) is 0 Å². The molecule has 0 saturated heterocycles. The topological polar surface area (TPSA) is 102 Å². The summed E-state index contributed by atoms with van der Waals surface area (Å²) >= 11 is 0. The second kappa shape index (κ2) is 33.4. The van der Waals surface area contributed by atoms with Gasteiger partial charge in [0.1, 0.15) is 12.6 Å². The Balaban J connectivity index is 4.39. The van der Waals surface area contributed by atoms with Crippen LogP contribution in [0.15, 0.2) is 48.6 Å². The molecule has 0 amide bonds. The van der Waals surface area contributed by atoms with Gasteiger partial charge >= 0.3 is 11.9 Å². The average molecular weight is 704 g/mol. The van der Waals surface area contributed by atoms with Gasteiger partial charge in [0.05, 0.1) is 40.3 Å². The summed E-state index contributed by atoms with van der Waals surface area (Å²) in [6, 6.07) is -0.727. The maximum atomic E-state index is 12.6. The molecule has 8 heteroatoms. The molecule has 0 aliphatic carbocycles. The van der Waals surface area contributed by atoms with Gasteiger partial charge in [-0.3, -0.25) is 9.59 Å². The van der Waals surface area contributed by atoms with Gasteiger partial charge in [-0.15, -0.1) is 0 Å². The van der Waals surface area contributed by atoms with Gasteiger partial charge < -0.3 is 28.6 Å². The van der Waals surface area contributed by atoms with Crippen molar-refractivity contribution in [3.05, 3.63) is 48.6 Å². The Kier molecular flexibility index (Phi) is 31.6. The van der Waals surface area contributed by atoms with Crippen LogP contribution < -0.4 is 5.11 Å². The maximum absolute atomic E-state index is 12.6. The fourth-order valence-electron chi connectivity index (χ4n) is 5.43. The number of quaternary nitrogens is 1. The SMILES string of the molecule is CCCCC/C=C/C=C/C=C/C=C/CCCCCCCC(=O)OCC(COCCC(C(=O)[O-])[N+](C)(C)C)OC(=O)CCCCCCCCCC. The van der Waals surface area contributed by atoms with Gasteiger partial charge in [0.15, 0.2) is 6.10 Å². The minimum atomic E-state index is -1.13. The first-order valence-electron chi connectivity index (χ1n) is 19.7. The monoisotopic (exact) mass is 704 g/mol. The molecule has 0 saturated carbocycles. The summed E-state index contributed by atoms with van der Waals surface area (Å²) in [5.41, 5.74) is 0. The number of carbonyl (C=O) groups is 3. The molecule has 0 N–H and O–H groups in total. The first kappa shape index (κ1) is 47.3. The molecule has 0 bridgehead atoms. The molecule has 0 aliphatic rings. The van der Waals surface area contributed by atoms with Gasteiger partial charge in [0.2, 0.25) is 0 Å². The van der Waals surface area contributed by atoms with Crippen molar-refractivity contribution in [3.63, 3.8) is 0 Å². The molecule has 8 nitrogen and oxygen atoms in total. The number of ether oxygens (including phenoxy) is 3. The number of unbranched alkanes of at least 4 members (excludes halogenated alkanes) is 15. The van der Waals surface area contributed by atoms with E-state index in [2.05, 4.69) is 56.4 Å². The van der Waals surface area contributed by atoms with E-state index in [1.165, 1.54) is 51.4 Å². The van der Waals surface area contributed by atoms with Crippen molar-refractivity contribution in [1.82, 2.24) is 0 Å². The number of hydrogen-bond donors (Lipinski definition) is 0. The van der Waals surface area contributed by atoms with Crippen molar-refractivity contribution in [2.24, 2.45) is 0 Å². The lowest BCUT2D eigenvalue weighted by Gasteiger charge is -2.34. The van der Waals surface area contributed by atoms with Crippen LogP contribution in [0, 0.1) is 0 Å². The lowest BCUT2D eigenvalue weighted by Crippen LogP contribution is -2.55. The molecule has 50 heavy (non-hydrogen) atoms. The van der Waals surface area contributed by atoms with E-state index in [4.69, 9.17) is 14.2 Å². The molecule has 0 rings (SSSR count). The van der Waals surface area contributed by atoms with Gasteiger partial charge in [0, 0.05) is 19.3 Å². The van der Waals surface area contributed by atoms with Crippen molar-refractivity contribution in [1.29, 1.82) is 0 Å². The maximum Gasteiger partial charge on any atom is 0.306 e. The minimum absolute atomic E-state index is 0.0326. The number of likely N-dealkylation sites (N-methyl/N-ethyl adjacent to an activating group) is 1. The predicted octanol–water partition coefficient (Wildman–Crippen LogP) is 8.74. The summed E-state index contributed by atoms with van der Waals surface area (Å²) in [6.45, 7) is 4.55. The number of carbonyl (C=O) groups excluding carboxylic acids is 3. The molecule has 0 aromatic heterocycles. The van der Waals surface area contributed by atoms with Crippen LogP contribution in [-0.4, -0.2) is 75.5 Å². The molecule has 0 spiro atoms. The normalized spacial score (nSPS) is 13.5. The van der Waals surface area contributed by atoms with Crippen LogP contribution in [-0.2, 0) is 28.6 Å². The molecule has 288 valence electrons. The van der Waals surface area contributed by atoms with E-state index in [0.29, 0.717) is 12.8 Å². The summed E-state index contributed by atoms with van der Waals surface area (Å²) < 4.78 is 17.0. The summed E-state index contributed by atoms with van der Waals surface area (Å²) in [4.78, 5) is 36.6. The fraction of sp³-hybridized carbons (Fsp3) is 0.738. The van der Waals surface area contributed by atoms with Crippen LogP contribution in [0.3, 0.4) is 0 Å². The zero-order valence-electron chi connectivity index (χ0n) is 32.5. The molecule has 0 aromatic carbocycles.